The first kappa shape index (κ1) is 21.4. The van der Waals surface area contributed by atoms with Gasteiger partial charge >= 0.3 is 0 Å². The number of halogens is 2. The van der Waals surface area contributed by atoms with Gasteiger partial charge in [-0.3, -0.25) is 9.48 Å². The van der Waals surface area contributed by atoms with Crippen LogP contribution in [-0.2, 0) is 19.7 Å². The van der Waals surface area contributed by atoms with E-state index in [1.807, 2.05) is 49.7 Å². The third-order valence-corrected chi connectivity index (χ3v) is 5.90. The minimum Gasteiger partial charge on any atom is -0.489 e. The summed E-state index contributed by atoms with van der Waals surface area (Å²) in [7, 11) is 0. The van der Waals surface area contributed by atoms with E-state index in [1.54, 1.807) is 18.3 Å². The number of hydrogen-bond donors (Lipinski definition) is 1. The molecule has 7 heteroatoms. The molecule has 1 heterocycles. The van der Waals surface area contributed by atoms with Gasteiger partial charge in [-0.05, 0) is 77.7 Å². The van der Waals surface area contributed by atoms with Crippen LogP contribution in [0.25, 0.3) is 0 Å². The van der Waals surface area contributed by atoms with Gasteiger partial charge in [0.2, 0.25) is 0 Å². The van der Waals surface area contributed by atoms with Crippen LogP contribution >= 0.6 is 27.5 Å². The normalized spacial score (nSPS) is 10.8. The summed E-state index contributed by atoms with van der Waals surface area (Å²) in [6.07, 6.45) is 1.74. The summed E-state index contributed by atoms with van der Waals surface area (Å²) < 4.78 is 8.61. The van der Waals surface area contributed by atoms with Gasteiger partial charge in [-0.15, -0.1) is 0 Å². The monoisotopic (exact) mass is 475 g/mol. The average molecular weight is 477 g/mol. The van der Waals surface area contributed by atoms with Crippen molar-refractivity contribution in [1.82, 2.24) is 15.1 Å². The Balaban J connectivity index is 1.58. The maximum absolute atomic E-state index is 12.4. The topological polar surface area (TPSA) is 56.2 Å². The van der Waals surface area contributed by atoms with Crippen molar-refractivity contribution in [3.63, 3.8) is 0 Å². The number of amides is 1. The van der Waals surface area contributed by atoms with E-state index in [2.05, 4.69) is 26.3 Å². The Morgan fingerprint density at radius 1 is 1.21 bits per heavy atom. The van der Waals surface area contributed by atoms with Crippen molar-refractivity contribution >= 4 is 33.4 Å². The number of carbonyl (C=O) groups is 1. The first-order chi connectivity index (χ1) is 13.9. The molecule has 0 radical (unpaired) electrons. The minimum atomic E-state index is -0.128. The van der Waals surface area contributed by atoms with E-state index in [0.717, 1.165) is 44.2 Å². The summed E-state index contributed by atoms with van der Waals surface area (Å²) in [6.45, 7) is 7.51. The van der Waals surface area contributed by atoms with Crippen LogP contribution in [0.1, 0.15) is 39.7 Å². The Morgan fingerprint density at radius 3 is 2.48 bits per heavy atom. The molecule has 0 aliphatic carbocycles. The van der Waals surface area contributed by atoms with Crippen LogP contribution in [0.15, 0.2) is 47.1 Å². The number of carbonyl (C=O) groups excluding carboxylic acids is 1. The van der Waals surface area contributed by atoms with Crippen molar-refractivity contribution in [3.8, 4) is 5.75 Å². The molecular formula is C22H23BrClN3O2. The van der Waals surface area contributed by atoms with E-state index in [4.69, 9.17) is 16.3 Å². The lowest BCUT2D eigenvalue weighted by Gasteiger charge is -2.11. The van der Waals surface area contributed by atoms with E-state index in [1.165, 1.54) is 0 Å². The predicted molar refractivity (Wildman–Crippen MR) is 118 cm³/mol. The van der Waals surface area contributed by atoms with E-state index in [9.17, 15) is 4.79 Å². The van der Waals surface area contributed by atoms with Crippen molar-refractivity contribution < 1.29 is 9.53 Å². The zero-order valence-electron chi connectivity index (χ0n) is 16.6. The Labute approximate surface area is 184 Å². The van der Waals surface area contributed by atoms with Gasteiger partial charge in [-0.25, -0.2) is 0 Å². The van der Waals surface area contributed by atoms with Gasteiger partial charge in [0.15, 0.2) is 0 Å². The number of nitrogens with zero attached hydrogens (tertiary/aromatic N) is 2. The van der Waals surface area contributed by atoms with Crippen LogP contribution in [0.2, 0.25) is 5.02 Å². The SMILES string of the molecule is CCn1ncc(Br)c1CNC(=O)c1ccc(COc2cc(C)c(Cl)c(C)c2)cc1. The lowest BCUT2D eigenvalue weighted by atomic mass is 10.1. The molecule has 0 fully saturated rings. The van der Waals surface area contributed by atoms with E-state index >= 15 is 0 Å². The van der Waals surface area contributed by atoms with Crippen LogP contribution in [0, 0.1) is 13.8 Å². The molecular weight excluding hydrogens is 454 g/mol. The molecule has 0 aliphatic heterocycles. The highest BCUT2D eigenvalue weighted by Crippen LogP contribution is 2.26. The molecule has 3 rings (SSSR count). The van der Waals surface area contributed by atoms with Gasteiger partial charge in [0.1, 0.15) is 12.4 Å². The highest BCUT2D eigenvalue weighted by atomic mass is 79.9. The molecule has 0 aliphatic rings. The first-order valence-corrected chi connectivity index (χ1v) is 10.5. The number of nitrogens with one attached hydrogen (secondary N) is 1. The second-order valence-corrected chi connectivity index (χ2v) is 8.03. The molecule has 0 unspecified atom stereocenters. The fourth-order valence-corrected chi connectivity index (χ4v) is 3.56. The summed E-state index contributed by atoms with van der Waals surface area (Å²) in [4.78, 5) is 12.4. The number of benzene rings is 2. The van der Waals surface area contributed by atoms with Crippen molar-refractivity contribution in [2.45, 2.75) is 40.5 Å². The summed E-state index contributed by atoms with van der Waals surface area (Å²) >= 11 is 9.66. The third kappa shape index (κ3) is 5.19. The molecule has 152 valence electrons. The summed E-state index contributed by atoms with van der Waals surface area (Å²) in [6, 6.07) is 11.3. The number of aryl methyl sites for hydroxylation is 3. The van der Waals surface area contributed by atoms with Crippen LogP contribution in [0.5, 0.6) is 5.75 Å². The van der Waals surface area contributed by atoms with E-state index in [-0.39, 0.29) is 5.91 Å². The van der Waals surface area contributed by atoms with Gasteiger partial charge in [0.05, 0.1) is 22.9 Å². The van der Waals surface area contributed by atoms with Crippen LogP contribution < -0.4 is 10.1 Å². The second kappa shape index (κ2) is 9.46. The second-order valence-electron chi connectivity index (χ2n) is 6.79. The molecule has 1 N–H and O–H groups in total. The lowest BCUT2D eigenvalue weighted by molar-refractivity contribution is 0.0949. The Morgan fingerprint density at radius 2 is 1.86 bits per heavy atom. The first-order valence-electron chi connectivity index (χ1n) is 9.36. The summed E-state index contributed by atoms with van der Waals surface area (Å²) in [5.41, 5.74) is 4.51. The largest absolute Gasteiger partial charge is 0.489 e. The van der Waals surface area contributed by atoms with Crippen molar-refractivity contribution in [3.05, 3.63) is 80.0 Å². The quantitative estimate of drug-likeness (QED) is 0.494. The molecule has 0 saturated heterocycles. The van der Waals surface area contributed by atoms with Crippen molar-refractivity contribution in [2.24, 2.45) is 0 Å². The van der Waals surface area contributed by atoms with Gasteiger partial charge in [-0.2, -0.15) is 5.10 Å². The number of rotatable bonds is 7. The maximum atomic E-state index is 12.4. The summed E-state index contributed by atoms with van der Waals surface area (Å²) in [5.74, 6) is 0.654. The number of hydrogen-bond acceptors (Lipinski definition) is 3. The Hall–Kier alpha value is -2.31. The smallest absolute Gasteiger partial charge is 0.251 e. The Bertz CT molecular complexity index is 992. The fourth-order valence-electron chi connectivity index (χ4n) is 3.01. The van der Waals surface area contributed by atoms with Gasteiger partial charge in [0.25, 0.3) is 5.91 Å². The van der Waals surface area contributed by atoms with Crippen molar-refractivity contribution in [1.29, 1.82) is 0 Å². The van der Waals surface area contributed by atoms with Crippen LogP contribution in [0.4, 0.5) is 0 Å². The molecule has 0 saturated carbocycles. The minimum absolute atomic E-state index is 0.128. The lowest BCUT2D eigenvalue weighted by Crippen LogP contribution is -2.24. The van der Waals surface area contributed by atoms with Crippen molar-refractivity contribution in [2.75, 3.05) is 0 Å². The molecule has 1 aromatic heterocycles. The van der Waals surface area contributed by atoms with Crippen LogP contribution in [-0.4, -0.2) is 15.7 Å². The van der Waals surface area contributed by atoms with Gasteiger partial charge in [-0.1, -0.05) is 23.7 Å². The zero-order chi connectivity index (χ0) is 21.0. The molecule has 0 bridgehead atoms. The van der Waals surface area contributed by atoms with Crippen LogP contribution in [0.3, 0.4) is 0 Å². The Kier molecular flexibility index (Phi) is 6.98. The highest BCUT2D eigenvalue weighted by Gasteiger charge is 2.11. The highest BCUT2D eigenvalue weighted by molar-refractivity contribution is 9.10. The maximum Gasteiger partial charge on any atom is 0.251 e. The molecule has 0 spiro atoms. The molecule has 0 atom stereocenters. The molecule has 29 heavy (non-hydrogen) atoms. The number of ether oxygens (including phenoxy) is 1. The molecule has 5 nitrogen and oxygen atoms in total. The van der Waals surface area contributed by atoms with Gasteiger partial charge in [0, 0.05) is 17.1 Å². The van der Waals surface area contributed by atoms with E-state index < -0.39 is 0 Å². The van der Waals surface area contributed by atoms with E-state index in [0.29, 0.717) is 18.7 Å². The standard InChI is InChI=1S/C22H23BrClN3O2/c1-4-27-20(19(23)11-26-27)12-25-22(28)17-7-5-16(6-8-17)13-29-18-9-14(2)21(24)15(3)10-18/h5-11H,4,12-13H2,1-3H3,(H,25,28). The zero-order valence-corrected chi connectivity index (χ0v) is 19.0. The molecule has 2 aromatic carbocycles. The third-order valence-electron chi connectivity index (χ3n) is 4.65. The van der Waals surface area contributed by atoms with Gasteiger partial charge < -0.3 is 10.1 Å². The predicted octanol–water partition coefficient (Wildman–Crippen LogP) is 5.44. The fraction of sp³-hybridized carbons (Fsp3) is 0.273. The molecule has 3 aromatic rings. The summed E-state index contributed by atoms with van der Waals surface area (Å²) in [5, 5.41) is 7.96. The number of aromatic nitrogens is 2. The molecule has 1 amide bonds. The average Bonchev–Trinajstić information content (AvgIpc) is 3.08.